The number of aromatic nitrogens is 1. The van der Waals surface area contributed by atoms with E-state index < -0.39 is 17.9 Å². The third-order valence-electron chi connectivity index (χ3n) is 4.80. The van der Waals surface area contributed by atoms with Crippen LogP contribution in [0.4, 0.5) is 5.82 Å². The van der Waals surface area contributed by atoms with E-state index in [9.17, 15) is 9.59 Å². The van der Waals surface area contributed by atoms with E-state index in [1.165, 1.54) is 7.11 Å². The number of hydrogen-bond acceptors (Lipinski definition) is 6. The predicted molar refractivity (Wildman–Crippen MR) is 128 cm³/mol. The molecule has 0 radical (unpaired) electrons. The molecule has 0 aliphatic heterocycles. The van der Waals surface area contributed by atoms with Crippen LogP contribution in [0.3, 0.4) is 0 Å². The summed E-state index contributed by atoms with van der Waals surface area (Å²) in [6.07, 6.45) is 0.835. The summed E-state index contributed by atoms with van der Waals surface area (Å²) in [5.41, 5.74) is 7.44. The first-order chi connectivity index (χ1) is 15.9. The summed E-state index contributed by atoms with van der Waals surface area (Å²) in [5.74, 6) is 0.00247. The average molecular weight is 488 g/mol. The van der Waals surface area contributed by atoms with Gasteiger partial charge in [0.1, 0.15) is 17.6 Å². The van der Waals surface area contributed by atoms with Crippen molar-refractivity contribution in [3.63, 3.8) is 0 Å². The van der Waals surface area contributed by atoms with Gasteiger partial charge in [-0.15, -0.1) is 0 Å². The zero-order chi connectivity index (χ0) is 23.8. The summed E-state index contributed by atoms with van der Waals surface area (Å²) >= 11 is 12.2. The van der Waals surface area contributed by atoms with Crippen molar-refractivity contribution < 1.29 is 19.1 Å². The molecule has 0 spiro atoms. The van der Waals surface area contributed by atoms with Crippen LogP contribution in [0.25, 0.3) is 0 Å². The van der Waals surface area contributed by atoms with Gasteiger partial charge in [-0.25, -0.2) is 9.78 Å². The summed E-state index contributed by atoms with van der Waals surface area (Å²) < 4.78 is 10.6. The van der Waals surface area contributed by atoms with E-state index in [0.29, 0.717) is 24.6 Å². The van der Waals surface area contributed by atoms with Crippen molar-refractivity contribution in [3.05, 3.63) is 87.5 Å². The van der Waals surface area contributed by atoms with Gasteiger partial charge in [0.05, 0.1) is 29.3 Å². The first-order valence-corrected chi connectivity index (χ1v) is 10.9. The number of methoxy groups -OCH3 is 1. The fraction of sp³-hybridized carbons (Fsp3) is 0.208. The number of amides is 1. The van der Waals surface area contributed by atoms with Gasteiger partial charge < -0.3 is 20.5 Å². The van der Waals surface area contributed by atoms with Crippen LogP contribution in [0.15, 0.2) is 60.7 Å². The zero-order valence-electron chi connectivity index (χ0n) is 17.9. The lowest BCUT2D eigenvalue weighted by molar-refractivity contribution is -0.142. The Kier molecular flexibility index (Phi) is 8.52. The molecule has 7 nitrogen and oxygen atoms in total. The van der Waals surface area contributed by atoms with E-state index in [2.05, 4.69) is 10.3 Å². The Labute approximate surface area is 201 Å². The topological polar surface area (TPSA) is 104 Å². The number of halogens is 2. The van der Waals surface area contributed by atoms with Crippen LogP contribution in [0.1, 0.15) is 21.6 Å². The number of pyridine rings is 1. The second kappa shape index (κ2) is 11.5. The molecule has 33 heavy (non-hydrogen) atoms. The van der Waals surface area contributed by atoms with Crippen molar-refractivity contribution in [1.29, 1.82) is 0 Å². The first-order valence-electron chi connectivity index (χ1n) is 10.1. The number of nitrogens with zero attached hydrogens (tertiary/aromatic N) is 1. The molecule has 9 heteroatoms. The highest BCUT2D eigenvalue weighted by Crippen LogP contribution is 2.24. The molecule has 0 aliphatic carbocycles. The Morgan fingerprint density at radius 3 is 2.33 bits per heavy atom. The number of ether oxygens (including phenoxy) is 2. The number of nitrogens with one attached hydrogen (secondary N) is 1. The number of nitrogens with two attached hydrogens (primary N) is 1. The quantitative estimate of drug-likeness (QED) is 0.440. The second-order valence-corrected chi connectivity index (χ2v) is 7.96. The van der Waals surface area contributed by atoms with Gasteiger partial charge in [-0.05, 0) is 42.0 Å². The van der Waals surface area contributed by atoms with Crippen LogP contribution >= 0.6 is 23.2 Å². The Morgan fingerprint density at radius 1 is 1.03 bits per heavy atom. The predicted octanol–water partition coefficient (Wildman–Crippen LogP) is 4.11. The highest BCUT2D eigenvalue weighted by atomic mass is 35.5. The summed E-state index contributed by atoms with van der Waals surface area (Å²) in [4.78, 5) is 29.2. The molecule has 3 rings (SSSR count). The van der Waals surface area contributed by atoms with Crippen molar-refractivity contribution in [2.24, 2.45) is 0 Å². The molecule has 0 bridgehead atoms. The number of esters is 1. The highest BCUT2D eigenvalue weighted by Gasteiger charge is 2.25. The van der Waals surface area contributed by atoms with Crippen molar-refractivity contribution in [2.75, 3.05) is 19.5 Å². The SMILES string of the molecule is COC(=O)[C@H](Cc1ccc(OCCc2cccc(N)n2)cc1)NC(=O)c1c(Cl)cccc1Cl. The summed E-state index contributed by atoms with van der Waals surface area (Å²) in [6, 6.07) is 16.5. The summed E-state index contributed by atoms with van der Waals surface area (Å²) in [5, 5.41) is 3.04. The van der Waals surface area contributed by atoms with Crippen molar-refractivity contribution in [2.45, 2.75) is 18.9 Å². The number of benzene rings is 2. The van der Waals surface area contributed by atoms with Crippen molar-refractivity contribution in [1.82, 2.24) is 10.3 Å². The maximum absolute atomic E-state index is 12.7. The van der Waals surface area contributed by atoms with Gasteiger partial charge in [-0.1, -0.05) is 47.5 Å². The van der Waals surface area contributed by atoms with E-state index in [1.807, 2.05) is 24.3 Å². The Hall–Kier alpha value is -3.29. The van der Waals surface area contributed by atoms with Crippen LogP contribution < -0.4 is 15.8 Å². The molecule has 1 atom stereocenters. The largest absolute Gasteiger partial charge is 0.493 e. The van der Waals surface area contributed by atoms with E-state index in [-0.39, 0.29) is 22.0 Å². The molecule has 0 aliphatic rings. The van der Waals surface area contributed by atoms with Gasteiger partial charge >= 0.3 is 5.97 Å². The van der Waals surface area contributed by atoms with Gasteiger partial charge in [0.25, 0.3) is 5.91 Å². The van der Waals surface area contributed by atoms with Crippen LogP contribution in [0, 0.1) is 0 Å². The van der Waals surface area contributed by atoms with Crippen LogP contribution in [0.2, 0.25) is 10.0 Å². The van der Waals surface area contributed by atoms with Gasteiger partial charge in [-0.2, -0.15) is 0 Å². The molecule has 3 aromatic rings. The molecule has 1 heterocycles. The Bertz CT molecular complexity index is 1100. The number of anilines is 1. The molecule has 172 valence electrons. The molecule has 0 unspecified atom stereocenters. The second-order valence-electron chi connectivity index (χ2n) is 7.15. The number of carbonyl (C=O) groups is 2. The molecule has 0 saturated carbocycles. The minimum Gasteiger partial charge on any atom is -0.493 e. The van der Waals surface area contributed by atoms with E-state index in [0.717, 1.165) is 11.3 Å². The molecule has 2 aromatic carbocycles. The van der Waals surface area contributed by atoms with Gasteiger partial charge in [0, 0.05) is 18.5 Å². The lowest BCUT2D eigenvalue weighted by atomic mass is 10.0. The number of nitrogen functional groups attached to an aromatic ring is 1. The number of hydrogen-bond donors (Lipinski definition) is 2. The minimum absolute atomic E-state index is 0.105. The third kappa shape index (κ3) is 6.84. The standard InChI is InChI=1S/C24H23Cl2N3O4/c1-32-24(31)20(29-23(30)22-18(25)5-3-6-19(22)26)14-15-8-10-17(11-9-15)33-13-12-16-4-2-7-21(27)28-16/h2-11,20H,12-14H2,1H3,(H2,27,28)(H,29,30)/t20-/m0/s1. The molecule has 1 amide bonds. The van der Waals surface area contributed by atoms with Crippen molar-refractivity contribution >= 4 is 40.9 Å². The summed E-state index contributed by atoms with van der Waals surface area (Å²) in [7, 11) is 1.26. The maximum atomic E-state index is 12.7. The summed E-state index contributed by atoms with van der Waals surface area (Å²) in [6.45, 7) is 0.440. The molecular weight excluding hydrogens is 465 g/mol. The average Bonchev–Trinajstić information content (AvgIpc) is 2.79. The van der Waals surface area contributed by atoms with Gasteiger partial charge in [0.15, 0.2) is 0 Å². The smallest absolute Gasteiger partial charge is 0.328 e. The normalized spacial score (nSPS) is 11.5. The first kappa shape index (κ1) is 24.4. The fourth-order valence-electron chi connectivity index (χ4n) is 3.15. The third-order valence-corrected chi connectivity index (χ3v) is 5.43. The monoisotopic (exact) mass is 487 g/mol. The molecule has 0 saturated heterocycles. The van der Waals surface area contributed by atoms with Gasteiger partial charge in [-0.3, -0.25) is 4.79 Å². The maximum Gasteiger partial charge on any atom is 0.328 e. The van der Waals surface area contributed by atoms with E-state index in [1.54, 1.807) is 36.4 Å². The number of carbonyl (C=O) groups excluding carboxylic acids is 2. The van der Waals surface area contributed by atoms with E-state index in [4.69, 9.17) is 38.4 Å². The van der Waals surface area contributed by atoms with Gasteiger partial charge in [0.2, 0.25) is 0 Å². The number of rotatable bonds is 9. The molecular formula is C24H23Cl2N3O4. The van der Waals surface area contributed by atoms with Crippen molar-refractivity contribution in [3.8, 4) is 5.75 Å². The lowest BCUT2D eigenvalue weighted by Crippen LogP contribution is -2.43. The Morgan fingerprint density at radius 2 is 1.70 bits per heavy atom. The fourth-order valence-corrected chi connectivity index (χ4v) is 3.72. The Balaban J connectivity index is 1.61. The van der Waals surface area contributed by atoms with Crippen LogP contribution in [0.5, 0.6) is 5.75 Å². The van der Waals surface area contributed by atoms with E-state index >= 15 is 0 Å². The zero-order valence-corrected chi connectivity index (χ0v) is 19.4. The molecule has 3 N–H and O–H groups in total. The van der Waals surface area contributed by atoms with Crippen LogP contribution in [-0.4, -0.2) is 36.6 Å². The molecule has 0 fully saturated rings. The lowest BCUT2D eigenvalue weighted by Gasteiger charge is -2.18. The van der Waals surface area contributed by atoms with Crippen LogP contribution in [-0.2, 0) is 22.4 Å². The highest BCUT2D eigenvalue weighted by molar-refractivity contribution is 6.39. The molecule has 1 aromatic heterocycles. The minimum atomic E-state index is -0.920.